The molecule has 198 valence electrons. The van der Waals surface area contributed by atoms with Crippen molar-refractivity contribution in [1.82, 2.24) is 24.5 Å². The second-order valence-corrected chi connectivity index (χ2v) is 8.65. The second-order valence-electron chi connectivity index (χ2n) is 8.65. The average molecular weight is 535 g/mol. The van der Waals surface area contributed by atoms with Crippen LogP contribution in [-0.4, -0.2) is 43.5 Å². The van der Waals surface area contributed by atoms with Crippen molar-refractivity contribution in [2.75, 3.05) is 22.6 Å². The van der Waals surface area contributed by atoms with Gasteiger partial charge >= 0.3 is 12.2 Å². The van der Waals surface area contributed by atoms with Gasteiger partial charge in [0.2, 0.25) is 0 Å². The Morgan fingerprint density at radius 3 is 2.62 bits per heavy atom. The number of hydrogen-bond acceptors (Lipinski definition) is 5. The normalized spacial score (nSPS) is 11.4. The molecule has 0 aliphatic heterocycles. The summed E-state index contributed by atoms with van der Waals surface area (Å²) in [6, 6.07) is 9.05. The Bertz CT molecular complexity index is 1680. The van der Waals surface area contributed by atoms with Gasteiger partial charge in [0.15, 0.2) is 0 Å². The number of urea groups is 1. The summed E-state index contributed by atoms with van der Waals surface area (Å²) in [7, 11) is 1.54. The van der Waals surface area contributed by atoms with Crippen LogP contribution in [0.2, 0.25) is 0 Å². The Labute approximate surface area is 219 Å². The molecule has 10 nitrogen and oxygen atoms in total. The first-order chi connectivity index (χ1) is 18.6. The summed E-state index contributed by atoms with van der Waals surface area (Å²) in [6.07, 6.45) is 2.68. The maximum Gasteiger partial charge on any atom is 0.416 e. The fourth-order valence-electron chi connectivity index (χ4n) is 3.93. The number of carbonyl (C=O) groups is 2. The first kappa shape index (κ1) is 25.4. The third-order valence-electron chi connectivity index (χ3n) is 6.00. The second kappa shape index (κ2) is 9.93. The molecule has 0 bridgehead atoms. The van der Waals surface area contributed by atoms with Crippen LogP contribution in [0.1, 0.15) is 21.5 Å². The number of carbonyl (C=O) groups excluding carboxylic acids is 2. The van der Waals surface area contributed by atoms with E-state index >= 15 is 0 Å². The molecule has 3 N–H and O–H groups in total. The number of anilines is 3. The highest BCUT2D eigenvalue weighted by atomic mass is 19.4. The SMILES string of the molecule is Cc1ccc(C(=O)Nc2cc(-n3ccnc3)cc(C(F)(F)F)c2)cc1NC(=O)N(C)c1ncnc2[nH]ccc12. The van der Waals surface area contributed by atoms with Gasteiger partial charge in [-0.25, -0.2) is 19.7 Å². The van der Waals surface area contributed by atoms with Crippen LogP contribution < -0.4 is 15.5 Å². The maximum absolute atomic E-state index is 13.5. The summed E-state index contributed by atoms with van der Waals surface area (Å²) >= 11 is 0. The van der Waals surface area contributed by atoms with Crippen LogP contribution in [-0.2, 0) is 6.18 Å². The zero-order valence-corrected chi connectivity index (χ0v) is 20.6. The fourth-order valence-corrected chi connectivity index (χ4v) is 3.93. The Balaban J connectivity index is 1.38. The lowest BCUT2D eigenvalue weighted by Crippen LogP contribution is -2.32. The fraction of sp³-hybridized carbons (Fsp3) is 0.115. The summed E-state index contributed by atoms with van der Waals surface area (Å²) in [4.78, 5) is 42.5. The van der Waals surface area contributed by atoms with E-state index in [2.05, 4.69) is 30.6 Å². The molecule has 0 saturated carbocycles. The lowest BCUT2D eigenvalue weighted by Gasteiger charge is -2.19. The zero-order chi connectivity index (χ0) is 27.7. The van der Waals surface area contributed by atoms with Crippen molar-refractivity contribution in [3.05, 3.63) is 90.4 Å². The van der Waals surface area contributed by atoms with Gasteiger partial charge in [-0.1, -0.05) is 6.07 Å². The smallest absolute Gasteiger partial charge is 0.346 e. The number of rotatable bonds is 5. The van der Waals surface area contributed by atoms with Crippen LogP contribution in [0.15, 0.2) is 73.7 Å². The number of hydrogen-bond donors (Lipinski definition) is 3. The summed E-state index contributed by atoms with van der Waals surface area (Å²) < 4.78 is 42.0. The predicted octanol–water partition coefficient (Wildman–Crippen LogP) is 5.39. The first-order valence-electron chi connectivity index (χ1n) is 11.6. The molecule has 0 atom stereocenters. The van der Waals surface area contributed by atoms with E-state index in [1.807, 2.05) is 0 Å². The van der Waals surface area contributed by atoms with E-state index in [0.29, 0.717) is 28.1 Å². The molecule has 0 spiro atoms. The topological polar surface area (TPSA) is 121 Å². The molecule has 0 aliphatic rings. The minimum Gasteiger partial charge on any atom is -0.346 e. The van der Waals surface area contributed by atoms with Gasteiger partial charge in [-0.2, -0.15) is 13.2 Å². The monoisotopic (exact) mass is 534 g/mol. The lowest BCUT2D eigenvalue weighted by atomic mass is 10.1. The van der Waals surface area contributed by atoms with Gasteiger partial charge in [0, 0.05) is 48.3 Å². The number of fused-ring (bicyclic) bond motifs is 1. The number of amides is 3. The molecule has 0 aliphatic carbocycles. The third-order valence-corrected chi connectivity index (χ3v) is 6.00. The molecule has 0 unspecified atom stereocenters. The molecular formula is C26H21F3N8O2. The molecule has 0 fully saturated rings. The molecule has 0 saturated heterocycles. The number of aromatic amines is 1. The van der Waals surface area contributed by atoms with Crippen LogP contribution >= 0.6 is 0 Å². The molecule has 3 aromatic heterocycles. The van der Waals surface area contributed by atoms with Crippen molar-refractivity contribution in [1.29, 1.82) is 0 Å². The summed E-state index contributed by atoms with van der Waals surface area (Å²) in [6.45, 7) is 1.75. The Kier molecular flexibility index (Phi) is 6.48. The molecule has 3 heterocycles. The van der Waals surface area contributed by atoms with E-state index in [-0.39, 0.29) is 16.9 Å². The maximum atomic E-state index is 13.5. The van der Waals surface area contributed by atoms with Crippen molar-refractivity contribution in [2.24, 2.45) is 0 Å². The van der Waals surface area contributed by atoms with Crippen LogP contribution in [0, 0.1) is 6.92 Å². The molecule has 2 aromatic carbocycles. The summed E-state index contributed by atoms with van der Waals surface area (Å²) in [5.74, 6) is -0.275. The Morgan fingerprint density at radius 2 is 1.87 bits per heavy atom. The summed E-state index contributed by atoms with van der Waals surface area (Å²) in [5, 5.41) is 5.93. The van der Waals surface area contributed by atoms with Crippen molar-refractivity contribution in [2.45, 2.75) is 13.1 Å². The molecule has 5 rings (SSSR count). The number of H-pyrrole nitrogens is 1. The highest BCUT2D eigenvalue weighted by Crippen LogP contribution is 2.33. The van der Waals surface area contributed by atoms with Gasteiger partial charge in [-0.15, -0.1) is 0 Å². The average Bonchev–Trinajstić information content (AvgIpc) is 3.61. The van der Waals surface area contributed by atoms with E-state index in [1.54, 1.807) is 32.3 Å². The van der Waals surface area contributed by atoms with Crippen molar-refractivity contribution in [3.8, 4) is 5.69 Å². The van der Waals surface area contributed by atoms with Crippen molar-refractivity contribution >= 4 is 40.2 Å². The third kappa shape index (κ3) is 5.28. The summed E-state index contributed by atoms with van der Waals surface area (Å²) in [5.41, 5.74) is 0.925. The highest BCUT2D eigenvalue weighted by molar-refractivity contribution is 6.08. The van der Waals surface area contributed by atoms with Gasteiger partial charge in [0.05, 0.1) is 17.3 Å². The number of halogens is 3. The van der Waals surface area contributed by atoms with E-state index in [0.717, 1.165) is 12.1 Å². The number of nitrogens with one attached hydrogen (secondary N) is 3. The Hall–Kier alpha value is -5.20. The lowest BCUT2D eigenvalue weighted by molar-refractivity contribution is -0.137. The van der Waals surface area contributed by atoms with E-state index in [9.17, 15) is 22.8 Å². The number of nitrogens with zero attached hydrogens (tertiary/aromatic N) is 5. The Morgan fingerprint density at radius 1 is 1.05 bits per heavy atom. The molecule has 13 heteroatoms. The standard InChI is InChI=1S/C26H21F3N8O2/c1-15-3-4-16(9-21(15)35-25(39)36(2)23-20-5-6-31-22(20)32-13-33-23)24(38)34-18-10-17(26(27,28)29)11-19(12-18)37-8-7-30-14-37/h3-14H,1-2H3,(H,34,38)(H,35,39)(H,31,32,33). The zero-order valence-electron chi connectivity index (χ0n) is 20.6. The van der Waals surface area contributed by atoms with Gasteiger partial charge in [0.1, 0.15) is 17.8 Å². The predicted molar refractivity (Wildman–Crippen MR) is 139 cm³/mol. The number of benzene rings is 2. The van der Waals surface area contributed by atoms with E-state index in [1.165, 1.54) is 52.7 Å². The van der Waals surface area contributed by atoms with Gasteiger partial charge < -0.3 is 20.2 Å². The minimum absolute atomic E-state index is 0.0521. The molecule has 3 amide bonds. The van der Waals surface area contributed by atoms with Crippen molar-refractivity contribution in [3.63, 3.8) is 0 Å². The number of aryl methyl sites for hydroxylation is 1. The highest BCUT2D eigenvalue weighted by Gasteiger charge is 2.31. The number of alkyl halides is 3. The van der Waals surface area contributed by atoms with Gasteiger partial charge in [0.25, 0.3) is 5.91 Å². The van der Waals surface area contributed by atoms with E-state index in [4.69, 9.17) is 0 Å². The minimum atomic E-state index is -4.63. The van der Waals surface area contributed by atoms with Crippen LogP contribution in [0.5, 0.6) is 0 Å². The number of imidazole rings is 1. The van der Waals surface area contributed by atoms with E-state index < -0.39 is 23.7 Å². The largest absolute Gasteiger partial charge is 0.416 e. The van der Waals surface area contributed by atoms with Gasteiger partial charge in [-0.3, -0.25) is 9.69 Å². The van der Waals surface area contributed by atoms with Crippen LogP contribution in [0.3, 0.4) is 0 Å². The quantitative estimate of drug-likeness (QED) is 0.279. The molecule has 0 radical (unpaired) electrons. The number of aromatic nitrogens is 5. The van der Waals surface area contributed by atoms with Crippen LogP contribution in [0.4, 0.5) is 35.2 Å². The molecule has 39 heavy (non-hydrogen) atoms. The van der Waals surface area contributed by atoms with Crippen molar-refractivity contribution < 1.29 is 22.8 Å². The van der Waals surface area contributed by atoms with Crippen LogP contribution in [0.25, 0.3) is 16.7 Å². The molecular weight excluding hydrogens is 513 g/mol. The van der Waals surface area contributed by atoms with Gasteiger partial charge in [-0.05, 0) is 48.9 Å². The first-order valence-corrected chi connectivity index (χ1v) is 11.6. The molecule has 5 aromatic rings.